The van der Waals surface area contributed by atoms with Crippen LogP contribution in [-0.4, -0.2) is 30.0 Å². The van der Waals surface area contributed by atoms with E-state index >= 15 is 0 Å². The Hall–Kier alpha value is -0.580. The second kappa shape index (κ2) is 4.96. The first-order chi connectivity index (χ1) is 6.62. The molecular formula is C10H20O4S. The summed E-state index contributed by atoms with van der Waals surface area (Å²) in [7, 11) is -3.20. The molecule has 90 valence electrons. The molecule has 15 heavy (non-hydrogen) atoms. The molecule has 0 fully saturated rings. The lowest BCUT2D eigenvalue weighted by molar-refractivity contribution is -0.141. The molecule has 0 saturated heterocycles. The summed E-state index contributed by atoms with van der Waals surface area (Å²) in [6, 6.07) is 0. The fourth-order valence-corrected chi connectivity index (χ4v) is 2.31. The first-order valence-electron chi connectivity index (χ1n) is 5.07. The van der Waals surface area contributed by atoms with Gasteiger partial charge in [-0.1, -0.05) is 6.92 Å². The Morgan fingerprint density at radius 2 is 1.80 bits per heavy atom. The molecule has 1 unspecified atom stereocenters. The molecule has 0 rings (SSSR count). The SMILES string of the molecule is CCC(CCS(=O)(=O)C(C)(C)C)C(=O)O. The molecule has 0 radical (unpaired) electrons. The third-order valence-corrected chi connectivity index (χ3v) is 5.15. The highest BCUT2D eigenvalue weighted by molar-refractivity contribution is 7.92. The Kier molecular flexibility index (Phi) is 4.77. The van der Waals surface area contributed by atoms with Crippen molar-refractivity contribution in [1.82, 2.24) is 0 Å². The van der Waals surface area contributed by atoms with Crippen molar-refractivity contribution in [2.24, 2.45) is 5.92 Å². The minimum Gasteiger partial charge on any atom is -0.481 e. The first-order valence-corrected chi connectivity index (χ1v) is 6.72. The van der Waals surface area contributed by atoms with Gasteiger partial charge in [-0.2, -0.15) is 0 Å². The molecule has 0 heterocycles. The number of rotatable bonds is 5. The van der Waals surface area contributed by atoms with Crippen LogP contribution < -0.4 is 0 Å². The highest BCUT2D eigenvalue weighted by atomic mass is 32.2. The maximum absolute atomic E-state index is 11.7. The fraction of sp³-hybridized carbons (Fsp3) is 0.900. The summed E-state index contributed by atoms with van der Waals surface area (Å²) in [6.07, 6.45) is 0.667. The van der Waals surface area contributed by atoms with Crippen LogP contribution in [0.2, 0.25) is 0 Å². The topological polar surface area (TPSA) is 71.4 Å². The number of aliphatic carboxylic acids is 1. The summed E-state index contributed by atoms with van der Waals surface area (Å²) in [5.74, 6) is -1.52. The van der Waals surface area contributed by atoms with Crippen molar-refractivity contribution in [2.75, 3.05) is 5.75 Å². The van der Waals surface area contributed by atoms with E-state index in [-0.39, 0.29) is 12.2 Å². The Labute approximate surface area is 91.6 Å². The molecule has 1 atom stereocenters. The van der Waals surface area contributed by atoms with E-state index in [0.29, 0.717) is 6.42 Å². The molecule has 5 heteroatoms. The third-order valence-electron chi connectivity index (χ3n) is 2.51. The Balaban J connectivity index is 4.46. The van der Waals surface area contributed by atoms with E-state index in [1.807, 2.05) is 0 Å². The average Bonchev–Trinajstić information content (AvgIpc) is 2.02. The second-order valence-electron chi connectivity index (χ2n) is 4.66. The normalized spacial score (nSPS) is 14.9. The summed E-state index contributed by atoms with van der Waals surface area (Å²) in [6.45, 7) is 6.64. The zero-order valence-corrected chi connectivity index (χ0v) is 10.6. The minimum absolute atomic E-state index is 0.0543. The predicted molar refractivity (Wildman–Crippen MR) is 59.6 cm³/mol. The largest absolute Gasteiger partial charge is 0.481 e. The fourth-order valence-electron chi connectivity index (χ4n) is 1.11. The number of carboxylic acid groups (broad SMARTS) is 1. The molecule has 0 saturated carbocycles. The molecule has 0 aliphatic heterocycles. The summed E-state index contributed by atoms with van der Waals surface area (Å²) >= 11 is 0. The van der Waals surface area contributed by atoms with Crippen molar-refractivity contribution < 1.29 is 18.3 Å². The smallest absolute Gasteiger partial charge is 0.306 e. The maximum atomic E-state index is 11.7. The second-order valence-corrected chi connectivity index (χ2v) is 7.53. The molecule has 0 bridgehead atoms. The third kappa shape index (κ3) is 4.20. The van der Waals surface area contributed by atoms with E-state index in [2.05, 4.69) is 0 Å². The van der Waals surface area contributed by atoms with Crippen LogP contribution in [0.5, 0.6) is 0 Å². The molecule has 0 aromatic rings. The van der Waals surface area contributed by atoms with Crippen LogP contribution in [-0.2, 0) is 14.6 Å². The van der Waals surface area contributed by atoms with Crippen molar-refractivity contribution in [3.05, 3.63) is 0 Å². The van der Waals surface area contributed by atoms with Gasteiger partial charge in [0.15, 0.2) is 9.84 Å². The molecule has 0 aliphatic rings. The molecular weight excluding hydrogens is 216 g/mol. The molecule has 0 amide bonds. The van der Waals surface area contributed by atoms with Gasteiger partial charge in [-0.15, -0.1) is 0 Å². The van der Waals surface area contributed by atoms with Gasteiger partial charge in [-0.3, -0.25) is 4.79 Å². The maximum Gasteiger partial charge on any atom is 0.306 e. The molecule has 0 aromatic heterocycles. The molecule has 0 spiro atoms. The lowest BCUT2D eigenvalue weighted by Gasteiger charge is -2.20. The lowest BCUT2D eigenvalue weighted by Crippen LogP contribution is -2.31. The summed E-state index contributed by atoms with van der Waals surface area (Å²) < 4.78 is 22.6. The van der Waals surface area contributed by atoms with Gasteiger partial charge in [0.05, 0.1) is 16.4 Å². The van der Waals surface area contributed by atoms with Crippen LogP contribution >= 0.6 is 0 Å². The predicted octanol–water partition coefficient (Wildman–Crippen LogP) is 1.70. The number of carboxylic acids is 1. The van der Waals surface area contributed by atoms with Crippen molar-refractivity contribution >= 4 is 15.8 Å². The highest BCUT2D eigenvalue weighted by Crippen LogP contribution is 2.19. The van der Waals surface area contributed by atoms with Crippen LogP contribution in [0.15, 0.2) is 0 Å². The van der Waals surface area contributed by atoms with E-state index in [1.165, 1.54) is 0 Å². The van der Waals surface area contributed by atoms with E-state index < -0.39 is 26.5 Å². The van der Waals surface area contributed by atoms with Crippen LogP contribution in [0.4, 0.5) is 0 Å². The van der Waals surface area contributed by atoms with Gasteiger partial charge in [0.1, 0.15) is 0 Å². The number of sulfone groups is 1. The molecule has 1 N–H and O–H groups in total. The average molecular weight is 236 g/mol. The van der Waals surface area contributed by atoms with Gasteiger partial charge in [-0.05, 0) is 33.6 Å². The van der Waals surface area contributed by atoms with Gasteiger partial charge in [0.2, 0.25) is 0 Å². The van der Waals surface area contributed by atoms with Crippen LogP contribution in [0.25, 0.3) is 0 Å². The minimum atomic E-state index is -3.20. The van der Waals surface area contributed by atoms with E-state index in [4.69, 9.17) is 5.11 Å². The number of hydrogen-bond donors (Lipinski definition) is 1. The Bertz CT molecular complexity index is 311. The quantitative estimate of drug-likeness (QED) is 0.788. The standard InChI is InChI=1S/C10H20O4S/c1-5-8(9(11)12)6-7-15(13,14)10(2,3)4/h8H,5-7H2,1-4H3,(H,11,12). The molecule has 0 aromatic carbocycles. The van der Waals surface area contributed by atoms with Crippen LogP contribution in [0, 0.1) is 5.92 Å². The van der Waals surface area contributed by atoms with Crippen LogP contribution in [0.1, 0.15) is 40.5 Å². The Morgan fingerprint density at radius 3 is 2.07 bits per heavy atom. The lowest BCUT2D eigenvalue weighted by atomic mass is 10.0. The van der Waals surface area contributed by atoms with Crippen molar-refractivity contribution in [3.63, 3.8) is 0 Å². The number of carbonyl (C=O) groups is 1. The molecule has 4 nitrogen and oxygen atoms in total. The summed E-state index contributed by atoms with van der Waals surface area (Å²) in [5.41, 5.74) is 0. The van der Waals surface area contributed by atoms with Gasteiger partial charge in [0.25, 0.3) is 0 Å². The van der Waals surface area contributed by atoms with Gasteiger partial charge < -0.3 is 5.11 Å². The zero-order valence-electron chi connectivity index (χ0n) is 9.78. The van der Waals surface area contributed by atoms with Crippen LogP contribution in [0.3, 0.4) is 0 Å². The number of hydrogen-bond acceptors (Lipinski definition) is 3. The molecule has 0 aliphatic carbocycles. The van der Waals surface area contributed by atoms with E-state index in [0.717, 1.165) is 0 Å². The van der Waals surface area contributed by atoms with Gasteiger partial charge >= 0.3 is 5.97 Å². The van der Waals surface area contributed by atoms with E-state index in [1.54, 1.807) is 27.7 Å². The first kappa shape index (κ1) is 14.4. The summed E-state index contributed by atoms with van der Waals surface area (Å²) in [4.78, 5) is 10.7. The van der Waals surface area contributed by atoms with E-state index in [9.17, 15) is 13.2 Å². The van der Waals surface area contributed by atoms with Crippen molar-refractivity contribution in [3.8, 4) is 0 Å². The van der Waals surface area contributed by atoms with Gasteiger partial charge in [0, 0.05) is 0 Å². The zero-order chi connectivity index (χ0) is 12.3. The monoisotopic (exact) mass is 236 g/mol. The summed E-state index contributed by atoms with van der Waals surface area (Å²) in [5, 5.41) is 8.78. The van der Waals surface area contributed by atoms with Crippen molar-refractivity contribution in [1.29, 1.82) is 0 Å². The highest BCUT2D eigenvalue weighted by Gasteiger charge is 2.30. The Morgan fingerprint density at radius 1 is 1.33 bits per heavy atom. The van der Waals surface area contributed by atoms with Crippen molar-refractivity contribution in [2.45, 2.75) is 45.3 Å². The van der Waals surface area contributed by atoms with Gasteiger partial charge in [-0.25, -0.2) is 8.42 Å².